The van der Waals surface area contributed by atoms with Crippen LogP contribution < -0.4 is 0 Å². The fourth-order valence-electron chi connectivity index (χ4n) is 1.60. The first-order chi connectivity index (χ1) is 8.19. The molecule has 1 unspecified atom stereocenters. The van der Waals surface area contributed by atoms with Crippen LogP contribution in [0.15, 0.2) is 45.1 Å². The van der Waals surface area contributed by atoms with Gasteiger partial charge in [-0.05, 0) is 45.9 Å². The first kappa shape index (κ1) is 13.1. The molecule has 2 rings (SSSR count). The number of aliphatic hydroxyl groups is 1. The maximum atomic E-state index is 10.1. The highest BCUT2D eigenvalue weighted by Crippen LogP contribution is 2.26. The van der Waals surface area contributed by atoms with Crippen molar-refractivity contribution < 1.29 is 5.11 Å². The summed E-state index contributed by atoms with van der Waals surface area (Å²) in [6, 6.07) is 10.2. The van der Waals surface area contributed by atoms with Crippen LogP contribution in [0.2, 0.25) is 0 Å². The maximum Gasteiger partial charge on any atom is 0.0838 e. The Labute approximate surface area is 118 Å². The molecule has 0 saturated heterocycles. The molecule has 2 aromatic rings. The second-order valence-corrected chi connectivity index (χ2v) is 6.52. The van der Waals surface area contributed by atoms with Gasteiger partial charge in [0.05, 0.1) is 6.10 Å². The van der Waals surface area contributed by atoms with Gasteiger partial charge in [-0.2, -0.15) is 0 Å². The Morgan fingerprint density at radius 2 is 2.06 bits per heavy atom. The van der Waals surface area contributed by atoms with E-state index in [1.165, 1.54) is 9.77 Å². The van der Waals surface area contributed by atoms with Crippen LogP contribution in [0.4, 0.5) is 0 Å². The third-order valence-electron chi connectivity index (χ3n) is 2.52. The normalized spacial score (nSPS) is 12.6. The zero-order chi connectivity index (χ0) is 12.3. The van der Waals surface area contributed by atoms with E-state index < -0.39 is 6.10 Å². The first-order valence-electron chi connectivity index (χ1n) is 5.24. The summed E-state index contributed by atoms with van der Waals surface area (Å²) in [4.78, 5) is 2.41. The standard InChI is InChI=1S/C13H13BrOS2/c1-16-11-4-2-9(3-5-11)13(15)7-12-6-10(14)8-17-12/h2-6,8,13,15H,7H2,1H3. The highest BCUT2D eigenvalue weighted by molar-refractivity contribution is 9.10. The molecule has 1 atom stereocenters. The Kier molecular flexibility index (Phi) is 4.68. The lowest BCUT2D eigenvalue weighted by molar-refractivity contribution is 0.179. The quantitative estimate of drug-likeness (QED) is 0.833. The van der Waals surface area contributed by atoms with E-state index in [0.29, 0.717) is 6.42 Å². The summed E-state index contributed by atoms with van der Waals surface area (Å²) in [5.41, 5.74) is 0.979. The van der Waals surface area contributed by atoms with Gasteiger partial charge < -0.3 is 5.11 Å². The SMILES string of the molecule is CSc1ccc(C(O)Cc2cc(Br)cs2)cc1. The Balaban J connectivity index is 2.06. The van der Waals surface area contributed by atoms with E-state index in [1.807, 2.05) is 29.6 Å². The van der Waals surface area contributed by atoms with E-state index in [2.05, 4.69) is 28.3 Å². The molecule has 0 amide bonds. The number of thioether (sulfide) groups is 1. The zero-order valence-electron chi connectivity index (χ0n) is 9.39. The molecule has 0 radical (unpaired) electrons. The summed E-state index contributed by atoms with van der Waals surface area (Å²) in [5.74, 6) is 0. The van der Waals surface area contributed by atoms with E-state index in [9.17, 15) is 5.11 Å². The number of halogens is 1. The van der Waals surface area contributed by atoms with Gasteiger partial charge in [-0.3, -0.25) is 0 Å². The van der Waals surface area contributed by atoms with Crippen molar-refractivity contribution in [2.75, 3.05) is 6.26 Å². The van der Waals surface area contributed by atoms with E-state index >= 15 is 0 Å². The van der Waals surface area contributed by atoms with Crippen molar-refractivity contribution in [1.29, 1.82) is 0 Å². The first-order valence-corrected chi connectivity index (χ1v) is 8.13. The lowest BCUT2D eigenvalue weighted by Gasteiger charge is -2.10. The topological polar surface area (TPSA) is 20.2 Å². The van der Waals surface area contributed by atoms with Crippen LogP contribution in [0.5, 0.6) is 0 Å². The van der Waals surface area contributed by atoms with Crippen molar-refractivity contribution in [2.24, 2.45) is 0 Å². The van der Waals surface area contributed by atoms with Crippen LogP contribution in [0.1, 0.15) is 16.5 Å². The number of rotatable bonds is 4. The van der Waals surface area contributed by atoms with Crippen LogP contribution in [0.3, 0.4) is 0 Å². The molecule has 0 spiro atoms. The molecule has 1 nitrogen and oxygen atoms in total. The van der Waals surface area contributed by atoms with Gasteiger partial charge in [0.25, 0.3) is 0 Å². The van der Waals surface area contributed by atoms with Gasteiger partial charge in [-0.1, -0.05) is 12.1 Å². The molecular formula is C13H13BrOS2. The van der Waals surface area contributed by atoms with Crippen molar-refractivity contribution in [2.45, 2.75) is 17.4 Å². The molecule has 0 aliphatic heterocycles. The van der Waals surface area contributed by atoms with Crippen molar-refractivity contribution >= 4 is 39.0 Å². The summed E-state index contributed by atoms with van der Waals surface area (Å²) < 4.78 is 1.09. The van der Waals surface area contributed by atoms with Crippen LogP contribution in [-0.4, -0.2) is 11.4 Å². The molecular weight excluding hydrogens is 316 g/mol. The van der Waals surface area contributed by atoms with Crippen LogP contribution in [-0.2, 0) is 6.42 Å². The van der Waals surface area contributed by atoms with Crippen LogP contribution >= 0.6 is 39.0 Å². The monoisotopic (exact) mass is 328 g/mol. The zero-order valence-corrected chi connectivity index (χ0v) is 12.6. The molecule has 0 saturated carbocycles. The number of thiophene rings is 1. The third kappa shape index (κ3) is 3.58. The molecule has 1 heterocycles. The Hall–Kier alpha value is -0.290. The lowest BCUT2D eigenvalue weighted by atomic mass is 10.1. The van der Waals surface area contributed by atoms with Gasteiger partial charge in [0, 0.05) is 26.0 Å². The Bertz CT molecular complexity index is 478. The largest absolute Gasteiger partial charge is 0.388 e. The Morgan fingerprint density at radius 3 is 2.59 bits per heavy atom. The predicted octanol–water partition coefficient (Wildman–Crippen LogP) is 4.51. The van der Waals surface area contributed by atoms with Gasteiger partial charge in [0.2, 0.25) is 0 Å². The van der Waals surface area contributed by atoms with E-state index in [0.717, 1.165) is 10.0 Å². The van der Waals surface area contributed by atoms with Crippen LogP contribution in [0.25, 0.3) is 0 Å². The van der Waals surface area contributed by atoms with E-state index in [-0.39, 0.29) is 0 Å². The second-order valence-electron chi connectivity index (χ2n) is 3.72. The summed E-state index contributed by atoms with van der Waals surface area (Å²) in [5, 5.41) is 12.2. The average molecular weight is 329 g/mol. The second kappa shape index (κ2) is 6.05. The highest BCUT2D eigenvalue weighted by atomic mass is 79.9. The molecule has 1 aromatic heterocycles. The summed E-state index contributed by atoms with van der Waals surface area (Å²) in [7, 11) is 0. The minimum Gasteiger partial charge on any atom is -0.388 e. The number of aliphatic hydroxyl groups excluding tert-OH is 1. The predicted molar refractivity (Wildman–Crippen MR) is 78.9 cm³/mol. The Morgan fingerprint density at radius 1 is 1.35 bits per heavy atom. The van der Waals surface area contributed by atoms with Gasteiger partial charge in [-0.15, -0.1) is 23.1 Å². The maximum absolute atomic E-state index is 10.1. The van der Waals surface area contributed by atoms with Gasteiger partial charge in [0.1, 0.15) is 0 Å². The minimum absolute atomic E-state index is 0.420. The molecule has 0 fully saturated rings. The molecule has 4 heteroatoms. The van der Waals surface area contributed by atoms with Crippen LogP contribution in [0, 0.1) is 0 Å². The van der Waals surface area contributed by atoms with Gasteiger partial charge in [-0.25, -0.2) is 0 Å². The minimum atomic E-state index is -0.420. The molecule has 0 aliphatic carbocycles. The van der Waals surface area contributed by atoms with Crippen molar-refractivity contribution in [3.05, 3.63) is 50.6 Å². The highest BCUT2D eigenvalue weighted by Gasteiger charge is 2.09. The van der Waals surface area contributed by atoms with Gasteiger partial charge in [0.15, 0.2) is 0 Å². The summed E-state index contributed by atoms with van der Waals surface area (Å²) in [6.45, 7) is 0. The molecule has 1 N–H and O–H groups in total. The van der Waals surface area contributed by atoms with E-state index in [1.54, 1.807) is 23.1 Å². The molecule has 1 aromatic carbocycles. The molecule has 0 aliphatic rings. The number of benzene rings is 1. The summed E-state index contributed by atoms with van der Waals surface area (Å²) >= 11 is 6.80. The fourth-order valence-corrected chi connectivity index (χ4v) is 3.49. The number of hydrogen-bond donors (Lipinski definition) is 1. The smallest absolute Gasteiger partial charge is 0.0838 e. The van der Waals surface area contributed by atoms with Crippen molar-refractivity contribution in [1.82, 2.24) is 0 Å². The molecule has 0 bridgehead atoms. The lowest BCUT2D eigenvalue weighted by Crippen LogP contribution is -2.00. The van der Waals surface area contributed by atoms with Crippen molar-refractivity contribution in [3.8, 4) is 0 Å². The number of hydrogen-bond acceptors (Lipinski definition) is 3. The van der Waals surface area contributed by atoms with Gasteiger partial charge >= 0.3 is 0 Å². The molecule has 17 heavy (non-hydrogen) atoms. The summed E-state index contributed by atoms with van der Waals surface area (Å²) in [6.07, 6.45) is 2.31. The third-order valence-corrected chi connectivity index (χ3v) is 4.98. The molecule has 90 valence electrons. The fraction of sp³-hybridized carbons (Fsp3) is 0.231. The van der Waals surface area contributed by atoms with E-state index in [4.69, 9.17) is 0 Å². The average Bonchev–Trinajstić information content (AvgIpc) is 2.75. The van der Waals surface area contributed by atoms with Crippen molar-refractivity contribution in [3.63, 3.8) is 0 Å².